The molecule has 3 aromatic rings. The third-order valence-corrected chi connectivity index (χ3v) is 5.30. The van der Waals surface area contributed by atoms with Crippen LogP contribution in [0.25, 0.3) is 17.5 Å². The van der Waals surface area contributed by atoms with Crippen LogP contribution < -0.4 is 14.2 Å². The summed E-state index contributed by atoms with van der Waals surface area (Å²) in [5, 5.41) is 29.1. The molecular formula is C19H12ClN3O8S. The highest BCUT2D eigenvalue weighted by Crippen LogP contribution is 2.40. The normalized spacial score (nSPS) is 12.6. The molecule has 4 rings (SSSR count). The van der Waals surface area contributed by atoms with Crippen LogP contribution in [0.15, 0.2) is 44.9 Å². The minimum absolute atomic E-state index is 0.0143. The molecule has 164 valence electrons. The van der Waals surface area contributed by atoms with Gasteiger partial charge < -0.3 is 23.7 Å². The van der Waals surface area contributed by atoms with Gasteiger partial charge in [-0.2, -0.15) is 0 Å². The Morgan fingerprint density at radius 1 is 1.28 bits per heavy atom. The monoisotopic (exact) mass is 477 g/mol. The maximum absolute atomic E-state index is 11.8. The number of fused-ring (bicyclic) bond motifs is 1. The topological polar surface area (TPSA) is 147 Å². The van der Waals surface area contributed by atoms with Gasteiger partial charge in [0.15, 0.2) is 11.5 Å². The number of rotatable bonds is 7. The molecule has 0 amide bonds. The molecule has 2 heterocycles. The summed E-state index contributed by atoms with van der Waals surface area (Å²) in [7, 11) is 1.46. The van der Waals surface area contributed by atoms with Crippen molar-refractivity contribution in [1.82, 2.24) is 10.2 Å². The quantitative estimate of drug-likeness (QED) is 0.225. The van der Waals surface area contributed by atoms with Gasteiger partial charge in [0.25, 0.3) is 16.8 Å². The molecule has 0 unspecified atom stereocenters. The van der Waals surface area contributed by atoms with E-state index in [0.717, 1.165) is 6.08 Å². The summed E-state index contributed by atoms with van der Waals surface area (Å²) >= 11 is 6.65. The Kier molecular flexibility index (Phi) is 5.88. The minimum Gasteiger partial charge on any atom is -0.496 e. The lowest BCUT2D eigenvalue weighted by atomic mass is 10.1. The van der Waals surface area contributed by atoms with Crippen LogP contribution >= 0.6 is 23.4 Å². The zero-order valence-corrected chi connectivity index (χ0v) is 17.7. The molecule has 0 atom stereocenters. The summed E-state index contributed by atoms with van der Waals surface area (Å²) in [6.07, 6.45) is 1.12. The maximum Gasteiger partial charge on any atom is 0.342 e. The van der Waals surface area contributed by atoms with Gasteiger partial charge in [0.05, 0.1) is 29.2 Å². The number of benzene rings is 2. The summed E-state index contributed by atoms with van der Waals surface area (Å²) in [5.41, 5.74) is 0.0931. The summed E-state index contributed by atoms with van der Waals surface area (Å²) in [5.74, 6) is -0.382. The van der Waals surface area contributed by atoms with Crippen LogP contribution in [-0.2, 0) is 4.79 Å². The summed E-state index contributed by atoms with van der Waals surface area (Å²) in [4.78, 5) is 22.3. The molecular weight excluding hydrogens is 466 g/mol. The van der Waals surface area contributed by atoms with Crippen molar-refractivity contribution in [2.45, 2.75) is 5.22 Å². The molecule has 0 fully saturated rings. The Morgan fingerprint density at radius 3 is 2.72 bits per heavy atom. The van der Waals surface area contributed by atoms with Crippen LogP contribution in [0, 0.1) is 10.1 Å². The van der Waals surface area contributed by atoms with Gasteiger partial charge in [0, 0.05) is 5.02 Å². The Balaban J connectivity index is 1.68. The maximum atomic E-state index is 11.8. The molecule has 13 heteroatoms. The predicted molar refractivity (Wildman–Crippen MR) is 112 cm³/mol. The fraction of sp³-hybridized carbons (Fsp3) is 0.105. The van der Waals surface area contributed by atoms with Gasteiger partial charge in [-0.05, 0) is 42.1 Å². The molecule has 0 bridgehead atoms. The van der Waals surface area contributed by atoms with Crippen molar-refractivity contribution >= 4 is 41.1 Å². The Bertz CT molecular complexity index is 1260. The first-order chi connectivity index (χ1) is 15.4. The number of halogens is 1. The van der Waals surface area contributed by atoms with Gasteiger partial charge in [-0.1, -0.05) is 11.6 Å². The van der Waals surface area contributed by atoms with E-state index in [-0.39, 0.29) is 45.6 Å². The van der Waals surface area contributed by atoms with E-state index >= 15 is 0 Å². The van der Waals surface area contributed by atoms with Crippen LogP contribution in [0.2, 0.25) is 5.02 Å². The number of methoxy groups -OCH3 is 1. The number of carboxylic acids is 1. The average Bonchev–Trinajstić information content (AvgIpc) is 3.41. The molecule has 1 aliphatic heterocycles. The van der Waals surface area contributed by atoms with E-state index < -0.39 is 10.9 Å². The summed E-state index contributed by atoms with van der Waals surface area (Å²) in [6, 6.07) is 7.32. The van der Waals surface area contributed by atoms with Gasteiger partial charge in [0.1, 0.15) is 10.7 Å². The SMILES string of the molecule is COc1ccc(Cl)cc1-c1nnc(S/C(=C\c2cc3c(cc2[N+](=O)[O-])OCO3)C(=O)O)o1. The molecule has 1 aliphatic rings. The third-order valence-electron chi connectivity index (χ3n) is 4.21. The fourth-order valence-electron chi connectivity index (χ4n) is 2.80. The number of hydrogen-bond acceptors (Lipinski definition) is 10. The smallest absolute Gasteiger partial charge is 0.342 e. The first kappa shape index (κ1) is 21.5. The molecule has 0 spiro atoms. The largest absolute Gasteiger partial charge is 0.496 e. The lowest BCUT2D eigenvalue weighted by Gasteiger charge is -2.05. The standard InChI is InChI=1S/C19H12ClN3O8S/c1-28-13-3-2-10(20)6-11(13)17-21-22-19(31-17)32-16(18(24)25)5-9-4-14-15(30-8-29-14)7-12(9)23(26)27/h2-7H,8H2,1H3,(H,24,25)/b16-5-. The first-order valence-corrected chi connectivity index (χ1v) is 9.93. The van der Waals surface area contributed by atoms with Crippen molar-refractivity contribution in [3.05, 3.63) is 55.9 Å². The number of nitro groups is 1. The summed E-state index contributed by atoms with van der Waals surface area (Å²) in [6.45, 7) is -0.0854. The highest BCUT2D eigenvalue weighted by atomic mass is 35.5. The molecule has 0 radical (unpaired) electrons. The fourth-order valence-corrected chi connectivity index (χ4v) is 3.63. The number of thioether (sulfide) groups is 1. The van der Waals surface area contributed by atoms with Crippen LogP contribution in [-0.4, -0.2) is 40.1 Å². The van der Waals surface area contributed by atoms with Crippen molar-refractivity contribution in [2.75, 3.05) is 13.9 Å². The van der Waals surface area contributed by atoms with E-state index in [1.54, 1.807) is 18.2 Å². The zero-order chi connectivity index (χ0) is 22.8. The lowest BCUT2D eigenvalue weighted by molar-refractivity contribution is -0.385. The number of hydrogen-bond donors (Lipinski definition) is 1. The molecule has 2 aromatic carbocycles. The van der Waals surface area contributed by atoms with Crippen LogP contribution in [0.4, 0.5) is 5.69 Å². The molecule has 1 aromatic heterocycles. The molecule has 0 saturated carbocycles. The zero-order valence-electron chi connectivity index (χ0n) is 16.1. The van der Waals surface area contributed by atoms with E-state index in [9.17, 15) is 20.0 Å². The second-order valence-corrected chi connectivity index (χ2v) is 7.58. The number of nitro benzene ring substituents is 1. The molecule has 0 saturated heterocycles. The Morgan fingerprint density at radius 2 is 2.03 bits per heavy atom. The van der Waals surface area contributed by atoms with E-state index in [2.05, 4.69) is 10.2 Å². The van der Waals surface area contributed by atoms with E-state index in [0.29, 0.717) is 28.1 Å². The van der Waals surface area contributed by atoms with Crippen molar-refractivity contribution in [3.63, 3.8) is 0 Å². The van der Waals surface area contributed by atoms with Crippen molar-refractivity contribution in [3.8, 4) is 28.7 Å². The van der Waals surface area contributed by atoms with Crippen molar-refractivity contribution in [2.24, 2.45) is 0 Å². The van der Waals surface area contributed by atoms with Gasteiger partial charge in [0.2, 0.25) is 6.79 Å². The number of aromatic nitrogens is 2. The highest BCUT2D eigenvalue weighted by Gasteiger charge is 2.25. The van der Waals surface area contributed by atoms with E-state index in [1.165, 1.54) is 19.2 Å². The van der Waals surface area contributed by atoms with Gasteiger partial charge >= 0.3 is 5.97 Å². The molecule has 0 aliphatic carbocycles. The first-order valence-electron chi connectivity index (χ1n) is 8.74. The number of carbonyl (C=O) groups is 1. The summed E-state index contributed by atoms with van der Waals surface area (Å²) < 4.78 is 21.2. The second kappa shape index (κ2) is 8.77. The predicted octanol–water partition coefficient (Wildman–Crippen LogP) is 4.25. The number of nitrogens with zero attached hydrogens (tertiary/aromatic N) is 3. The number of aliphatic carboxylic acids is 1. The Hall–Kier alpha value is -3.77. The molecule has 11 nitrogen and oxygen atoms in total. The molecule has 32 heavy (non-hydrogen) atoms. The third kappa shape index (κ3) is 4.31. The van der Waals surface area contributed by atoms with Crippen LogP contribution in [0.1, 0.15) is 5.56 Å². The number of ether oxygens (including phenoxy) is 3. The van der Waals surface area contributed by atoms with Gasteiger partial charge in [-0.3, -0.25) is 10.1 Å². The van der Waals surface area contributed by atoms with Gasteiger partial charge in [-0.15, -0.1) is 10.2 Å². The molecule has 1 N–H and O–H groups in total. The van der Waals surface area contributed by atoms with E-state index in [4.69, 9.17) is 30.2 Å². The minimum atomic E-state index is -1.35. The lowest BCUT2D eigenvalue weighted by Crippen LogP contribution is -1.98. The van der Waals surface area contributed by atoms with Crippen molar-refractivity contribution in [1.29, 1.82) is 0 Å². The second-order valence-electron chi connectivity index (χ2n) is 6.15. The van der Waals surface area contributed by atoms with Crippen molar-refractivity contribution < 1.29 is 33.5 Å². The van der Waals surface area contributed by atoms with Gasteiger partial charge in [-0.25, -0.2) is 4.79 Å². The van der Waals surface area contributed by atoms with Crippen LogP contribution in [0.5, 0.6) is 17.2 Å². The average molecular weight is 478 g/mol. The van der Waals surface area contributed by atoms with Crippen LogP contribution in [0.3, 0.4) is 0 Å². The Labute approximate surface area is 188 Å². The number of carboxylic acid groups (broad SMARTS) is 1. The highest BCUT2D eigenvalue weighted by molar-refractivity contribution is 8.03. The van der Waals surface area contributed by atoms with E-state index in [1.807, 2.05) is 0 Å².